The minimum atomic E-state index is -1.04. The normalized spacial score (nSPS) is 11.4. The van der Waals surface area contributed by atoms with Crippen molar-refractivity contribution in [2.45, 2.75) is 6.04 Å². The number of aliphatic carboxylic acids is 1. The number of aromatic nitrogens is 1. The van der Waals surface area contributed by atoms with E-state index < -0.39 is 12.0 Å². The molecule has 1 aromatic heterocycles. The lowest BCUT2D eigenvalue weighted by Crippen LogP contribution is -2.20. The molecule has 0 aliphatic heterocycles. The SMILES string of the molecule is Cl.N[C@@H](C(=O)O)c1cccnc1. The van der Waals surface area contributed by atoms with E-state index in [1.54, 1.807) is 18.3 Å². The van der Waals surface area contributed by atoms with Gasteiger partial charge >= 0.3 is 5.97 Å². The van der Waals surface area contributed by atoms with Crippen molar-refractivity contribution in [2.75, 3.05) is 0 Å². The number of carbonyl (C=O) groups is 1. The Labute approximate surface area is 75.8 Å². The zero-order chi connectivity index (χ0) is 8.27. The van der Waals surface area contributed by atoms with Crippen LogP contribution < -0.4 is 5.73 Å². The number of hydrogen-bond acceptors (Lipinski definition) is 3. The second kappa shape index (κ2) is 4.69. The predicted molar refractivity (Wildman–Crippen MR) is 46.0 cm³/mol. The van der Waals surface area contributed by atoms with Gasteiger partial charge in [-0.15, -0.1) is 12.4 Å². The molecule has 0 radical (unpaired) electrons. The number of halogens is 1. The molecule has 5 heteroatoms. The lowest BCUT2D eigenvalue weighted by molar-refractivity contribution is -0.138. The maximum atomic E-state index is 10.3. The molecule has 66 valence electrons. The van der Waals surface area contributed by atoms with Gasteiger partial charge in [0.25, 0.3) is 0 Å². The second-order valence-corrected chi connectivity index (χ2v) is 2.10. The molecule has 1 rings (SSSR count). The van der Waals surface area contributed by atoms with Crippen molar-refractivity contribution < 1.29 is 9.90 Å². The molecular formula is C7H9ClN2O2. The van der Waals surface area contributed by atoms with E-state index in [4.69, 9.17) is 10.8 Å². The Morgan fingerprint density at radius 3 is 2.75 bits per heavy atom. The summed E-state index contributed by atoms with van der Waals surface area (Å²) in [7, 11) is 0. The number of hydrogen-bond donors (Lipinski definition) is 2. The van der Waals surface area contributed by atoms with E-state index in [0.717, 1.165) is 0 Å². The first-order valence-corrected chi connectivity index (χ1v) is 3.10. The van der Waals surface area contributed by atoms with Crippen molar-refractivity contribution in [3.05, 3.63) is 30.1 Å². The summed E-state index contributed by atoms with van der Waals surface area (Å²) in [5.74, 6) is -1.04. The zero-order valence-electron chi connectivity index (χ0n) is 6.18. The molecule has 1 aromatic rings. The minimum absolute atomic E-state index is 0. The number of carboxylic acid groups (broad SMARTS) is 1. The summed E-state index contributed by atoms with van der Waals surface area (Å²) in [5, 5.41) is 8.48. The molecular weight excluding hydrogens is 180 g/mol. The topological polar surface area (TPSA) is 76.2 Å². The molecule has 0 saturated carbocycles. The standard InChI is InChI=1S/C7H8N2O2.ClH/c8-6(7(10)11)5-2-1-3-9-4-5;/h1-4,6H,8H2,(H,10,11);1H/t6-;/m1./s1. The number of pyridine rings is 1. The van der Waals surface area contributed by atoms with Gasteiger partial charge in [-0.25, -0.2) is 0 Å². The fourth-order valence-corrected chi connectivity index (χ4v) is 0.703. The van der Waals surface area contributed by atoms with Crippen molar-refractivity contribution in [3.63, 3.8) is 0 Å². The van der Waals surface area contributed by atoms with E-state index in [9.17, 15) is 4.79 Å². The van der Waals surface area contributed by atoms with Gasteiger partial charge in [0.05, 0.1) is 0 Å². The van der Waals surface area contributed by atoms with Crippen molar-refractivity contribution in [1.82, 2.24) is 4.98 Å². The first-order chi connectivity index (χ1) is 5.22. The third-order valence-corrected chi connectivity index (χ3v) is 1.31. The second-order valence-electron chi connectivity index (χ2n) is 2.10. The molecule has 0 aliphatic carbocycles. The van der Waals surface area contributed by atoms with E-state index in [-0.39, 0.29) is 12.4 Å². The van der Waals surface area contributed by atoms with Gasteiger partial charge in [0.2, 0.25) is 0 Å². The Hall–Kier alpha value is -1.13. The van der Waals surface area contributed by atoms with Gasteiger partial charge in [0.1, 0.15) is 6.04 Å². The highest BCUT2D eigenvalue weighted by molar-refractivity contribution is 5.85. The monoisotopic (exact) mass is 188 g/mol. The molecule has 0 spiro atoms. The van der Waals surface area contributed by atoms with Gasteiger partial charge in [0.15, 0.2) is 0 Å². The van der Waals surface area contributed by atoms with Crippen LogP contribution in [0.3, 0.4) is 0 Å². The fourth-order valence-electron chi connectivity index (χ4n) is 0.703. The highest BCUT2D eigenvalue weighted by Gasteiger charge is 2.12. The molecule has 0 fully saturated rings. The van der Waals surface area contributed by atoms with Gasteiger partial charge in [0, 0.05) is 12.4 Å². The summed E-state index contributed by atoms with van der Waals surface area (Å²) in [5.41, 5.74) is 5.81. The molecule has 4 nitrogen and oxygen atoms in total. The minimum Gasteiger partial charge on any atom is -0.480 e. The lowest BCUT2D eigenvalue weighted by Gasteiger charge is -2.03. The summed E-state index contributed by atoms with van der Waals surface area (Å²) in [4.78, 5) is 14.1. The summed E-state index contributed by atoms with van der Waals surface area (Å²) < 4.78 is 0. The summed E-state index contributed by atoms with van der Waals surface area (Å²) in [6.07, 6.45) is 3.01. The van der Waals surface area contributed by atoms with Crippen LogP contribution in [0, 0.1) is 0 Å². The molecule has 1 atom stereocenters. The van der Waals surface area contributed by atoms with Crippen LogP contribution in [-0.2, 0) is 4.79 Å². The van der Waals surface area contributed by atoms with E-state index >= 15 is 0 Å². The first kappa shape index (κ1) is 10.9. The van der Waals surface area contributed by atoms with E-state index in [2.05, 4.69) is 4.98 Å². The molecule has 0 aliphatic rings. The van der Waals surface area contributed by atoms with Crippen molar-refractivity contribution >= 4 is 18.4 Å². The van der Waals surface area contributed by atoms with Crippen LogP contribution in [0.4, 0.5) is 0 Å². The Bertz CT molecular complexity index is 253. The van der Waals surface area contributed by atoms with Crippen LogP contribution in [0.2, 0.25) is 0 Å². The van der Waals surface area contributed by atoms with E-state index in [1.165, 1.54) is 6.20 Å². The molecule has 0 bridgehead atoms. The van der Waals surface area contributed by atoms with Crippen molar-refractivity contribution in [1.29, 1.82) is 0 Å². The quantitative estimate of drug-likeness (QED) is 0.712. The summed E-state index contributed by atoms with van der Waals surface area (Å²) in [6.45, 7) is 0. The van der Waals surface area contributed by atoms with Gasteiger partial charge in [-0.3, -0.25) is 9.78 Å². The molecule has 0 saturated heterocycles. The van der Waals surface area contributed by atoms with Crippen LogP contribution in [0.15, 0.2) is 24.5 Å². The van der Waals surface area contributed by atoms with Crippen molar-refractivity contribution in [3.8, 4) is 0 Å². The Morgan fingerprint density at radius 2 is 2.33 bits per heavy atom. The molecule has 3 N–H and O–H groups in total. The zero-order valence-corrected chi connectivity index (χ0v) is 6.99. The van der Waals surface area contributed by atoms with Gasteiger partial charge in [-0.2, -0.15) is 0 Å². The van der Waals surface area contributed by atoms with Crippen LogP contribution in [-0.4, -0.2) is 16.1 Å². The average molecular weight is 189 g/mol. The summed E-state index contributed by atoms with van der Waals surface area (Å²) >= 11 is 0. The van der Waals surface area contributed by atoms with Crippen molar-refractivity contribution in [2.24, 2.45) is 5.73 Å². The number of rotatable bonds is 2. The number of nitrogens with zero attached hydrogens (tertiary/aromatic N) is 1. The van der Waals surface area contributed by atoms with Crippen LogP contribution in [0.1, 0.15) is 11.6 Å². The highest BCUT2D eigenvalue weighted by Crippen LogP contribution is 2.06. The van der Waals surface area contributed by atoms with E-state index in [1.807, 2.05) is 0 Å². The Kier molecular flexibility index (Phi) is 4.25. The number of nitrogens with two attached hydrogens (primary N) is 1. The molecule has 12 heavy (non-hydrogen) atoms. The van der Waals surface area contributed by atoms with E-state index in [0.29, 0.717) is 5.56 Å². The van der Waals surface area contributed by atoms with Crippen LogP contribution in [0.5, 0.6) is 0 Å². The fraction of sp³-hybridized carbons (Fsp3) is 0.143. The summed E-state index contributed by atoms with van der Waals surface area (Å²) in [6, 6.07) is 2.31. The maximum absolute atomic E-state index is 10.3. The lowest BCUT2D eigenvalue weighted by atomic mass is 10.1. The molecule has 1 heterocycles. The highest BCUT2D eigenvalue weighted by atomic mass is 35.5. The average Bonchev–Trinajstić information content (AvgIpc) is 2.05. The van der Waals surface area contributed by atoms with Crippen LogP contribution in [0.25, 0.3) is 0 Å². The Balaban J connectivity index is 0.00000121. The first-order valence-electron chi connectivity index (χ1n) is 3.10. The van der Waals surface area contributed by atoms with Gasteiger partial charge in [-0.1, -0.05) is 6.07 Å². The third-order valence-electron chi connectivity index (χ3n) is 1.31. The Morgan fingerprint density at radius 1 is 1.67 bits per heavy atom. The third kappa shape index (κ3) is 2.48. The molecule has 0 aromatic carbocycles. The van der Waals surface area contributed by atoms with Gasteiger partial charge < -0.3 is 10.8 Å². The van der Waals surface area contributed by atoms with Gasteiger partial charge in [-0.05, 0) is 11.6 Å². The molecule has 0 amide bonds. The predicted octanol–water partition coefficient (Wildman–Crippen LogP) is 0.588. The largest absolute Gasteiger partial charge is 0.480 e. The smallest absolute Gasteiger partial charge is 0.325 e. The van der Waals surface area contributed by atoms with Crippen LogP contribution >= 0.6 is 12.4 Å². The molecule has 0 unspecified atom stereocenters. The maximum Gasteiger partial charge on any atom is 0.325 e. The number of carboxylic acids is 1.